The highest BCUT2D eigenvalue weighted by molar-refractivity contribution is 5.82. The lowest BCUT2D eigenvalue weighted by atomic mass is 9.99. The molecule has 4 heterocycles. The molecule has 4 N–H and O–H groups in total. The van der Waals surface area contributed by atoms with E-state index < -0.39 is 12.2 Å². The quantitative estimate of drug-likeness (QED) is 0.593. The number of rotatable bonds is 1. The lowest BCUT2D eigenvalue weighted by Crippen LogP contribution is -2.29. The van der Waals surface area contributed by atoms with Gasteiger partial charge in [-0.25, -0.2) is 15.0 Å². The smallest absolute Gasteiger partial charge is 0.167 e. The van der Waals surface area contributed by atoms with Crippen LogP contribution in [0.3, 0.4) is 0 Å². The van der Waals surface area contributed by atoms with E-state index in [0.29, 0.717) is 23.4 Å². The molecule has 0 radical (unpaired) electrons. The second-order valence-corrected chi connectivity index (χ2v) is 4.94. The molecule has 2 aromatic heterocycles. The van der Waals surface area contributed by atoms with E-state index in [1.165, 1.54) is 6.33 Å². The topological polar surface area (TPSA) is 119 Å². The Morgan fingerprint density at radius 1 is 1.47 bits per heavy atom. The maximum absolute atomic E-state index is 10.1. The van der Waals surface area contributed by atoms with Crippen LogP contribution in [0.1, 0.15) is 12.1 Å². The molecule has 8 heteroatoms. The van der Waals surface area contributed by atoms with Crippen molar-refractivity contribution in [3.05, 3.63) is 12.2 Å². The molecule has 100 valence electrons. The molecule has 2 aliphatic rings. The normalized spacial score (nSPS) is 32.7. The molecule has 2 aliphatic heterocycles. The van der Waals surface area contributed by atoms with E-state index in [1.54, 1.807) is 0 Å². The summed E-state index contributed by atoms with van der Waals surface area (Å²) in [7, 11) is 0. The summed E-state index contributed by atoms with van der Waals surface area (Å²) in [6.07, 6.45) is 0.375. The van der Waals surface area contributed by atoms with E-state index in [-0.39, 0.29) is 18.8 Å². The highest BCUT2D eigenvalue weighted by Crippen LogP contribution is 2.44. The van der Waals surface area contributed by atoms with E-state index in [9.17, 15) is 10.2 Å². The first-order valence-corrected chi connectivity index (χ1v) is 6.12. The predicted octanol–water partition coefficient (Wildman–Crippen LogP) is -1.17. The van der Waals surface area contributed by atoms with Gasteiger partial charge in [0.05, 0.1) is 12.7 Å². The maximum atomic E-state index is 10.1. The van der Waals surface area contributed by atoms with Crippen molar-refractivity contribution in [3.63, 3.8) is 0 Å². The van der Waals surface area contributed by atoms with Crippen LogP contribution in [0.5, 0.6) is 0 Å². The van der Waals surface area contributed by atoms with E-state index in [4.69, 9.17) is 10.5 Å². The summed E-state index contributed by atoms with van der Waals surface area (Å²) >= 11 is 0. The molecule has 1 saturated heterocycles. The minimum Gasteiger partial charge on any atom is -0.394 e. The van der Waals surface area contributed by atoms with Crippen LogP contribution in [0.2, 0.25) is 0 Å². The Morgan fingerprint density at radius 2 is 2.32 bits per heavy atom. The van der Waals surface area contributed by atoms with Gasteiger partial charge in [0.1, 0.15) is 24.5 Å². The van der Waals surface area contributed by atoms with Gasteiger partial charge in [-0.15, -0.1) is 0 Å². The van der Waals surface area contributed by atoms with Crippen molar-refractivity contribution in [2.45, 2.75) is 24.9 Å². The minimum absolute atomic E-state index is 0.0970. The molecule has 0 unspecified atom stereocenters. The standard InChI is InChI=1S/C11H13N5O3/c12-9-7-10(14-3-13-9)16-6(15-7)1-4-8(18)5(2-17)19-11(4)16/h3-5,8,11,17-18H,1-2H2,(H2,12,13,14)/t4-,5+,8-,11+/m0/s1. The Bertz CT molecular complexity index is 657. The number of nitrogens with two attached hydrogens (primary N) is 1. The Morgan fingerprint density at radius 3 is 3.11 bits per heavy atom. The van der Waals surface area contributed by atoms with E-state index in [1.807, 2.05) is 4.57 Å². The van der Waals surface area contributed by atoms with Gasteiger partial charge in [0, 0.05) is 12.3 Å². The summed E-state index contributed by atoms with van der Waals surface area (Å²) in [5.41, 5.74) is 6.95. The molecule has 0 aliphatic carbocycles. The van der Waals surface area contributed by atoms with E-state index >= 15 is 0 Å². The number of ether oxygens (including phenoxy) is 1. The fourth-order valence-electron chi connectivity index (χ4n) is 3.02. The summed E-state index contributed by atoms with van der Waals surface area (Å²) < 4.78 is 7.55. The molecule has 8 nitrogen and oxygen atoms in total. The summed E-state index contributed by atoms with van der Waals surface area (Å²) in [4.78, 5) is 12.5. The molecule has 0 spiro atoms. The lowest BCUT2D eigenvalue weighted by molar-refractivity contribution is -0.0430. The van der Waals surface area contributed by atoms with Crippen molar-refractivity contribution in [1.82, 2.24) is 19.5 Å². The summed E-state index contributed by atoms with van der Waals surface area (Å²) in [6.45, 7) is -0.201. The van der Waals surface area contributed by atoms with Crippen molar-refractivity contribution in [2.75, 3.05) is 12.3 Å². The van der Waals surface area contributed by atoms with Gasteiger partial charge in [0.15, 0.2) is 17.0 Å². The Labute approximate surface area is 107 Å². The number of nitrogen functional groups attached to an aromatic ring is 1. The summed E-state index contributed by atoms with van der Waals surface area (Å²) in [5, 5.41) is 19.3. The van der Waals surface area contributed by atoms with Gasteiger partial charge in [-0.1, -0.05) is 0 Å². The summed E-state index contributed by atoms with van der Waals surface area (Å²) in [6, 6.07) is 0. The van der Waals surface area contributed by atoms with E-state index in [2.05, 4.69) is 15.0 Å². The lowest BCUT2D eigenvalue weighted by Gasteiger charge is -2.13. The zero-order valence-corrected chi connectivity index (χ0v) is 9.97. The number of hydrogen-bond acceptors (Lipinski definition) is 7. The number of aromatic nitrogens is 4. The summed E-state index contributed by atoms with van der Waals surface area (Å²) in [5.74, 6) is 1.02. The first kappa shape index (κ1) is 11.1. The van der Waals surface area contributed by atoms with Gasteiger partial charge in [-0.3, -0.25) is 4.57 Å². The fourth-order valence-corrected chi connectivity index (χ4v) is 3.02. The third-order valence-corrected chi connectivity index (χ3v) is 3.93. The van der Waals surface area contributed by atoms with Crippen LogP contribution >= 0.6 is 0 Å². The molecule has 19 heavy (non-hydrogen) atoms. The zero-order chi connectivity index (χ0) is 13.1. The Balaban J connectivity index is 1.86. The number of imidazole rings is 1. The van der Waals surface area contributed by atoms with Gasteiger partial charge in [0.2, 0.25) is 0 Å². The van der Waals surface area contributed by atoms with Crippen LogP contribution in [0.15, 0.2) is 6.33 Å². The zero-order valence-electron chi connectivity index (χ0n) is 9.97. The first-order valence-electron chi connectivity index (χ1n) is 6.12. The average molecular weight is 263 g/mol. The molecule has 0 saturated carbocycles. The molecule has 0 bridgehead atoms. The second kappa shape index (κ2) is 3.62. The van der Waals surface area contributed by atoms with Crippen LogP contribution in [0.4, 0.5) is 5.82 Å². The second-order valence-electron chi connectivity index (χ2n) is 4.94. The number of aliphatic hydroxyl groups is 2. The van der Waals surface area contributed by atoms with Crippen molar-refractivity contribution >= 4 is 17.0 Å². The SMILES string of the molecule is Nc1ncnc2c1nc1n2[C@@H]2O[C@H](CO)[C@@H](O)[C@@H]2C1. The van der Waals surface area contributed by atoms with Gasteiger partial charge in [0.25, 0.3) is 0 Å². The van der Waals surface area contributed by atoms with Crippen molar-refractivity contribution in [1.29, 1.82) is 0 Å². The van der Waals surface area contributed by atoms with Crippen LogP contribution in [0.25, 0.3) is 11.2 Å². The van der Waals surface area contributed by atoms with Crippen molar-refractivity contribution in [2.24, 2.45) is 5.92 Å². The largest absolute Gasteiger partial charge is 0.394 e. The molecule has 0 amide bonds. The molecule has 0 aromatic carbocycles. The third kappa shape index (κ3) is 1.30. The van der Waals surface area contributed by atoms with Crippen molar-refractivity contribution in [3.8, 4) is 0 Å². The third-order valence-electron chi connectivity index (χ3n) is 3.93. The monoisotopic (exact) mass is 263 g/mol. The molecule has 1 fully saturated rings. The average Bonchev–Trinajstić information content (AvgIpc) is 3.00. The maximum Gasteiger partial charge on any atom is 0.167 e. The fraction of sp³-hybridized carbons (Fsp3) is 0.545. The van der Waals surface area contributed by atoms with Gasteiger partial charge < -0.3 is 20.7 Å². The Kier molecular flexibility index (Phi) is 2.12. The highest BCUT2D eigenvalue weighted by Gasteiger charge is 2.50. The molecule has 2 aromatic rings. The number of nitrogens with zero attached hydrogens (tertiary/aromatic N) is 4. The molecular weight excluding hydrogens is 250 g/mol. The van der Waals surface area contributed by atoms with Gasteiger partial charge >= 0.3 is 0 Å². The van der Waals surface area contributed by atoms with Gasteiger partial charge in [-0.2, -0.15) is 0 Å². The van der Waals surface area contributed by atoms with Crippen LogP contribution in [-0.2, 0) is 11.2 Å². The number of fused-ring (bicyclic) bond motifs is 5. The number of aliphatic hydroxyl groups excluding tert-OH is 2. The number of anilines is 1. The van der Waals surface area contributed by atoms with Crippen molar-refractivity contribution < 1.29 is 14.9 Å². The minimum atomic E-state index is -0.689. The molecule has 4 atom stereocenters. The van der Waals surface area contributed by atoms with Crippen LogP contribution in [-0.4, -0.2) is 48.5 Å². The number of hydrogen-bond donors (Lipinski definition) is 3. The Hall–Kier alpha value is -1.77. The van der Waals surface area contributed by atoms with Crippen LogP contribution in [0, 0.1) is 5.92 Å². The molecule has 4 rings (SSSR count). The first-order chi connectivity index (χ1) is 9.20. The van der Waals surface area contributed by atoms with Crippen LogP contribution < -0.4 is 5.73 Å². The molecular formula is C11H13N5O3. The van der Waals surface area contributed by atoms with E-state index in [0.717, 1.165) is 5.82 Å². The highest BCUT2D eigenvalue weighted by atomic mass is 16.5. The van der Waals surface area contributed by atoms with Gasteiger partial charge in [-0.05, 0) is 0 Å². The predicted molar refractivity (Wildman–Crippen MR) is 63.9 cm³/mol.